The van der Waals surface area contributed by atoms with Crippen LogP contribution in [0, 0.1) is 0 Å². The summed E-state index contributed by atoms with van der Waals surface area (Å²) in [5.41, 5.74) is 2.48. The molecular weight excluding hydrogens is 362 g/mol. The number of ether oxygens (including phenoxy) is 1. The highest BCUT2D eigenvalue weighted by Gasteiger charge is 2.27. The van der Waals surface area contributed by atoms with Gasteiger partial charge in [0.05, 0.1) is 11.1 Å². The van der Waals surface area contributed by atoms with E-state index in [1.165, 1.54) is 17.5 Å². The summed E-state index contributed by atoms with van der Waals surface area (Å²) in [6.45, 7) is 0. The van der Waals surface area contributed by atoms with Gasteiger partial charge < -0.3 is 4.74 Å². The number of aromatic nitrogens is 2. The van der Waals surface area contributed by atoms with Crippen LogP contribution < -0.4 is 9.46 Å². The van der Waals surface area contributed by atoms with Gasteiger partial charge in [0.25, 0.3) is 0 Å². The lowest BCUT2D eigenvalue weighted by atomic mass is 9.92. The molecule has 1 fully saturated rings. The first-order valence-electron chi connectivity index (χ1n) is 9.67. The van der Waals surface area contributed by atoms with E-state index in [0.717, 1.165) is 44.9 Å². The van der Waals surface area contributed by atoms with Crippen LogP contribution in [0.4, 0.5) is 0 Å². The third kappa shape index (κ3) is 4.47. The molecule has 0 spiro atoms. The Morgan fingerprint density at radius 2 is 1.78 bits per heavy atom. The maximum Gasteiger partial charge on any atom is 0.240 e. The molecule has 7 heteroatoms. The van der Waals surface area contributed by atoms with Crippen molar-refractivity contribution >= 4 is 10.0 Å². The molecule has 27 heavy (non-hydrogen) atoms. The minimum atomic E-state index is -3.48. The predicted octanol–water partition coefficient (Wildman–Crippen LogP) is 3.02. The van der Waals surface area contributed by atoms with Gasteiger partial charge in [0.1, 0.15) is 6.10 Å². The summed E-state index contributed by atoms with van der Waals surface area (Å²) in [6.07, 6.45) is 12.4. The van der Waals surface area contributed by atoms with E-state index in [1.54, 1.807) is 24.7 Å². The SMILES string of the molecule is O=S(=O)(NC1CCC(Oc2cnccn2)CC1)c1ccc2c(c1)CCCC2. The molecule has 0 saturated heterocycles. The summed E-state index contributed by atoms with van der Waals surface area (Å²) >= 11 is 0. The maximum atomic E-state index is 12.8. The largest absolute Gasteiger partial charge is 0.473 e. The molecule has 0 bridgehead atoms. The lowest BCUT2D eigenvalue weighted by molar-refractivity contribution is 0.138. The topological polar surface area (TPSA) is 81.2 Å². The van der Waals surface area contributed by atoms with Crippen molar-refractivity contribution in [2.45, 2.75) is 68.4 Å². The zero-order valence-electron chi connectivity index (χ0n) is 15.3. The highest BCUT2D eigenvalue weighted by atomic mass is 32.2. The number of benzene rings is 1. The minimum absolute atomic E-state index is 0.0484. The molecule has 0 radical (unpaired) electrons. The molecule has 1 saturated carbocycles. The predicted molar refractivity (Wildman–Crippen MR) is 102 cm³/mol. The minimum Gasteiger partial charge on any atom is -0.473 e. The van der Waals surface area contributed by atoms with Crippen LogP contribution in [0.1, 0.15) is 49.7 Å². The molecular formula is C20H25N3O3S. The first kappa shape index (κ1) is 18.4. The summed E-state index contributed by atoms with van der Waals surface area (Å²) in [5.74, 6) is 0.524. The molecule has 2 aromatic rings. The van der Waals surface area contributed by atoms with Gasteiger partial charge in [-0.05, 0) is 74.6 Å². The zero-order chi connectivity index (χ0) is 18.7. The first-order valence-corrected chi connectivity index (χ1v) is 11.2. The normalized spacial score (nSPS) is 22.8. The molecule has 1 aromatic heterocycles. The molecule has 2 aliphatic rings. The second-order valence-corrected chi connectivity index (χ2v) is 9.11. The molecule has 0 aliphatic heterocycles. The molecule has 1 aromatic carbocycles. The van der Waals surface area contributed by atoms with E-state index >= 15 is 0 Å². The molecule has 4 rings (SSSR count). The van der Waals surface area contributed by atoms with Crippen LogP contribution in [0.25, 0.3) is 0 Å². The van der Waals surface area contributed by atoms with Crippen molar-refractivity contribution in [3.63, 3.8) is 0 Å². The number of nitrogens with one attached hydrogen (secondary N) is 1. The third-order valence-corrected chi connectivity index (χ3v) is 6.97. The Labute approximate surface area is 160 Å². The van der Waals surface area contributed by atoms with E-state index in [0.29, 0.717) is 10.8 Å². The van der Waals surface area contributed by atoms with Gasteiger partial charge in [-0.25, -0.2) is 18.1 Å². The van der Waals surface area contributed by atoms with Gasteiger partial charge in [0.2, 0.25) is 15.9 Å². The fraction of sp³-hybridized carbons (Fsp3) is 0.500. The summed E-state index contributed by atoms with van der Waals surface area (Å²) in [5, 5.41) is 0. The van der Waals surface area contributed by atoms with Crippen molar-refractivity contribution in [2.75, 3.05) is 0 Å². The van der Waals surface area contributed by atoms with Crippen LogP contribution in [0.3, 0.4) is 0 Å². The monoisotopic (exact) mass is 387 g/mol. The molecule has 0 unspecified atom stereocenters. The van der Waals surface area contributed by atoms with Gasteiger partial charge in [-0.3, -0.25) is 4.98 Å². The van der Waals surface area contributed by atoms with E-state index in [1.807, 2.05) is 12.1 Å². The summed E-state index contributed by atoms with van der Waals surface area (Å²) in [7, 11) is -3.48. The van der Waals surface area contributed by atoms with Crippen LogP contribution >= 0.6 is 0 Å². The molecule has 1 heterocycles. The molecule has 6 nitrogen and oxygen atoms in total. The highest BCUT2D eigenvalue weighted by Crippen LogP contribution is 2.26. The Morgan fingerprint density at radius 3 is 2.52 bits per heavy atom. The van der Waals surface area contributed by atoms with Crippen molar-refractivity contribution in [1.29, 1.82) is 0 Å². The fourth-order valence-electron chi connectivity index (χ4n) is 3.98. The number of hydrogen-bond donors (Lipinski definition) is 1. The van der Waals surface area contributed by atoms with Crippen molar-refractivity contribution < 1.29 is 13.2 Å². The van der Waals surface area contributed by atoms with Crippen LogP contribution in [-0.4, -0.2) is 30.5 Å². The Hall–Kier alpha value is -1.99. The molecule has 2 aliphatic carbocycles. The lowest BCUT2D eigenvalue weighted by Gasteiger charge is -2.29. The molecule has 1 N–H and O–H groups in total. The number of rotatable bonds is 5. The van der Waals surface area contributed by atoms with Crippen LogP contribution in [-0.2, 0) is 22.9 Å². The van der Waals surface area contributed by atoms with Gasteiger partial charge in [-0.1, -0.05) is 6.07 Å². The van der Waals surface area contributed by atoms with Gasteiger partial charge in [0, 0.05) is 18.4 Å². The van der Waals surface area contributed by atoms with Crippen LogP contribution in [0.2, 0.25) is 0 Å². The Kier molecular flexibility index (Phi) is 5.41. The average molecular weight is 388 g/mol. The number of aryl methyl sites for hydroxylation is 2. The fourth-order valence-corrected chi connectivity index (χ4v) is 5.34. The molecule has 0 atom stereocenters. The first-order chi connectivity index (χ1) is 13.1. The zero-order valence-corrected chi connectivity index (χ0v) is 16.1. The van der Waals surface area contributed by atoms with Gasteiger partial charge in [0.15, 0.2) is 0 Å². The maximum absolute atomic E-state index is 12.8. The molecule has 144 valence electrons. The van der Waals surface area contributed by atoms with Gasteiger partial charge in [-0.15, -0.1) is 0 Å². The van der Waals surface area contributed by atoms with E-state index in [-0.39, 0.29) is 12.1 Å². The number of sulfonamides is 1. The summed E-state index contributed by atoms with van der Waals surface area (Å²) in [6, 6.07) is 5.54. The third-order valence-electron chi connectivity index (χ3n) is 5.45. The van der Waals surface area contributed by atoms with Crippen LogP contribution in [0.15, 0.2) is 41.7 Å². The lowest BCUT2D eigenvalue weighted by Crippen LogP contribution is -2.39. The second kappa shape index (κ2) is 7.94. The Bertz CT molecular complexity index is 879. The van der Waals surface area contributed by atoms with E-state index in [9.17, 15) is 8.42 Å². The summed E-state index contributed by atoms with van der Waals surface area (Å²) in [4.78, 5) is 8.52. The Balaban J connectivity index is 1.35. The van der Waals surface area contributed by atoms with E-state index in [2.05, 4.69) is 14.7 Å². The summed E-state index contributed by atoms with van der Waals surface area (Å²) < 4.78 is 34.3. The molecule has 0 amide bonds. The Morgan fingerprint density at radius 1 is 1.00 bits per heavy atom. The smallest absolute Gasteiger partial charge is 0.240 e. The van der Waals surface area contributed by atoms with E-state index < -0.39 is 10.0 Å². The van der Waals surface area contributed by atoms with Crippen molar-refractivity contribution in [2.24, 2.45) is 0 Å². The van der Waals surface area contributed by atoms with Crippen molar-refractivity contribution in [1.82, 2.24) is 14.7 Å². The quantitative estimate of drug-likeness (QED) is 0.853. The number of nitrogens with zero attached hydrogens (tertiary/aromatic N) is 2. The number of fused-ring (bicyclic) bond motifs is 1. The second-order valence-electron chi connectivity index (χ2n) is 7.39. The number of hydrogen-bond acceptors (Lipinski definition) is 5. The van der Waals surface area contributed by atoms with Crippen LogP contribution in [0.5, 0.6) is 5.88 Å². The van der Waals surface area contributed by atoms with Crippen molar-refractivity contribution in [3.05, 3.63) is 47.9 Å². The van der Waals surface area contributed by atoms with Gasteiger partial charge in [-0.2, -0.15) is 0 Å². The standard InChI is InChI=1S/C20H25N3O3S/c24-27(25,19-10-5-15-3-1-2-4-16(15)13-19)23-17-6-8-18(9-7-17)26-20-14-21-11-12-22-20/h5,10-14,17-18,23H,1-4,6-9H2. The van der Waals surface area contributed by atoms with E-state index in [4.69, 9.17) is 4.74 Å². The van der Waals surface area contributed by atoms with Gasteiger partial charge >= 0.3 is 0 Å². The van der Waals surface area contributed by atoms with Crippen molar-refractivity contribution in [3.8, 4) is 5.88 Å². The average Bonchev–Trinajstić information content (AvgIpc) is 2.70. The highest BCUT2D eigenvalue weighted by molar-refractivity contribution is 7.89.